The number of rotatable bonds is 10. The molecule has 0 heterocycles. The van der Waals surface area contributed by atoms with E-state index in [-0.39, 0.29) is 60.3 Å². The predicted molar refractivity (Wildman–Crippen MR) is 233 cm³/mol. The highest BCUT2D eigenvalue weighted by atomic mass is 16.6. The molecule has 0 aromatic rings. The molecule has 9 fully saturated rings. The number of carbonyl (C=O) groups is 3. The van der Waals surface area contributed by atoms with Crippen LogP contribution in [-0.4, -0.2) is 71.9 Å². The minimum atomic E-state index is -0.833. The van der Waals surface area contributed by atoms with Crippen LogP contribution in [0.15, 0.2) is 0 Å². The highest BCUT2D eigenvalue weighted by molar-refractivity contribution is 5.78. The van der Waals surface area contributed by atoms with E-state index in [0.717, 1.165) is 84.9 Å². The zero-order valence-electron chi connectivity index (χ0n) is 34.5. The van der Waals surface area contributed by atoms with Crippen LogP contribution in [0.3, 0.4) is 0 Å². The molecule has 58 heavy (non-hydrogen) atoms. The Morgan fingerprint density at radius 1 is 0.672 bits per heavy atom. The smallest absolute Gasteiger partial charge is 0.311 e. The first-order valence-electron chi connectivity index (χ1n) is 22.2. The number of esters is 2. The summed E-state index contributed by atoms with van der Waals surface area (Å²) in [5, 5.41) is 27.6. The van der Waals surface area contributed by atoms with Crippen LogP contribution in [-0.2, 0) is 28.6 Å². The lowest BCUT2D eigenvalue weighted by atomic mass is 9.64. The molecule has 340 valence electrons. The second-order valence-corrected chi connectivity index (χ2v) is 19.6. The van der Waals surface area contributed by atoms with Gasteiger partial charge in [-0.25, -0.2) is 0 Å². The van der Waals surface area contributed by atoms with Crippen LogP contribution < -0.4 is 0 Å². The second kappa shape index (κ2) is 21.9. The first kappa shape index (κ1) is 52.4. The molecule has 9 saturated carbocycles. The molecule has 8 bridgehead atoms. The van der Waals surface area contributed by atoms with Crippen LogP contribution >= 0.6 is 0 Å². The lowest BCUT2D eigenvalue weighted by molar-refractivity contribution is -0.163. The summed E-state index contributed by atoms with van der Waals surface area (Å²) in [4.78, 5) is 34.5. The average Bonchev–Trinajstić information content (AvgIpc) is 4.00. The lowest BCUT2D eigenvalue weighted by Crippen LogP contribution is -2.39. The number of aliphatic carboxylic acids is 1. The van der Waals surface area contributed by atoms with E-state index in [4.69, 9.17) is 24.1 Å². The number of unbranched alkanes of at least 4 members (excludes halogenated alkanes) is 1. The van der Waals surface area contributed by atoms with E-state index in [9.17, 15) is 19.8 Å². The Kier molecular flexibility index (Phi) is 19.8. The molecule has 0 radical (unpaired) electrons. The summed E-state index contributed by atoms with van der Waals surface area (Å²) in [6.07, 6.45) is 16.4. The maximum atomic E-state index is 12.9. The van der Waals surface area contributed by atoms with Crippen LogP contribution in [0.4, 0.5) is 0 Å². The number of hydrogen-bond acceptors (Lipinski definition) is 8. The number of ether oxygens (including phenoxy) is 3. The number of carboxylic acids is 1. The molecular weight excluding hydrogens is 733 g/mol. The van der Waals surface area contributed by atoms with Crippen molar-refractivity contribution in [2.75, 3.05) is 20.3 Å². The van der Waals surface area contributed by atoms with E-state index in [1.54, 1.807) is 7.11 Å². The maximum absolute atomic E-state index is 12.9. The third kappa shape index (κ3) is 9.98. The molecular formula is C49H90O9. The molecule has 0 aromatic heterocycles. The number of carboxylic acid groups (broad SMARTS) is 1. The largest absolute Gasteiger partial charge is 0.481 e. The highest BCUT2D eigenvalue weighted by Gasteiger charge is 2.69. The zero-order chi connectivity index (χ0) is 39.1. The fourth-order valence-corrected chi connectivity index (χ4v) is 14.7. The van der Waals surface area contributed by atoms with Gasteiger partial charge in [-0.2, -0.15) is 0 Å². The van der Waals surface area contributed by atoms with Gasteiger partial charge in [0.05, 0.1) is 30.1 Å². The Labute approximate surface area is 354 Å². The van der Waals surface area contributed by atoms with Crippen molar-refractivity contribution >= 4 is 17.9 Å². The van der Waals surface area contributed by atoms with Crippen LogP contribution in [0.5, 0.6) is 0 Å². The Morgan fingerprint density at radius 3 is 1.69 bits per heavy atom. The standard InChI is InChI=1S/C24H38O5.C15H22O2.C4H10.C2H4O2.4CH4/c1-5-24(3,23(26)28-9-8-27-4)13-14(2)22(25)29-19-12-17-11-18(19)21-16-7-6-15(10-16)20(17)21;16-11-5-9-8-4-10(14(9)15(11)17)13-7-2-1-6(3-7)12(8)13;1-3-4-2;1-2(3)4;;;;/h14-21H,5-13H2,1-4H3;6-17H,1-5H2;3-4H2,1-2H3;1H3,(H,3,4);4*1H4. The summed E-state index contributed by atoms with van der Waals surface area (Å²) in [5.41, 5.74) is -0.670. The molecule has 0 amide bonds. The minimum Gasteiger partial charge on any atom is -0.481 e. The number of fused-ring (bicyclic) bond motifs is 21. The van der Waals surface area contributed by atoms with Gasteiger partial charge < -0.3 is 29.5 Å². The molecule has 9 aliphatic rings. The third-order valence-corrected chi connectivity index (χ3v) is 16.8. The number of aliphatic hydroxyl groups excluding tert-OH is 2. The van der Waals surface area contributed by atoms with Gasteiger partial charge in [-0.05, 0) is 167 Å². The molecule has 0 aromatic carbocycles. The van der Waals surface area contributed by atoms with E-state index in [2.05, 4.69) is 13.8 Å². The van der Waals surface area contributed by atoms with Crippen molar-refractivity contribution in [1.82, 2.24) is 0 Å². The minimum absolute atomic E-state index is 0. The fourth-order valence-electron chi connectivity index (χ4n) is 14.7. The van der Waals surface area contributed by atoms with E-state index >= 15 is 0 Å². The fraction of sp³-hybridized carbons (Fsp3) is 0.939. The molecule has 0 saturated heterocycles. The molecule has 9 rings (SSSR count). The first-order chi connectivity index (χ1) is 25.8. The lowest BCUT2D eigenvalue weighted by Gasteiger charge is -2.41. The molecule has 9 aliphatic carbocycles. The third-order valence-electron chi connectivity index (χ3n) is 16.8. The van der Waals surface area contributed by atoms with E-state index < -0.39 is 23.6 Å². The molecule has 19 atom stereocenters. The van der Waals surface area contributed by atoms with Crippen molar-refractivity contribution in [2.45, 2.75) is 179 Å². The second-order valence-electron chi connectivity index (χ2n) is 19.6. The monoisotopic (exact) mass is 823 g/mol. The van der Waals surface area contributed by atoms with Crippen molar-refractivity contribution in [3.63, 3.8) is 0 Å². The quantitative estimate of drug-likeness (QED) is 0.112. The highest BCUT2D eigenvalue weighted by Crippen LogP contribution is 2.73. The number of carbonyl (C=O) groups excluding carboxylic acids is 2. The van der Waals surface area contributed by atoms with Crippen molar-refractivity contribution in [3.8, 4) is 0 Å². The molecule has 9 heteroatoms. The summed E-state index contributed by atoms with van der Waals surface area (Å²) in [6, 6.07) is 0. The van der Waals surface area contributed by atoms with Crippen molar-refractivity contribution in [1.29, 1.82) is 0 Å². The van der Waals surface area contributed by atoms with E-state index in [0.29, 0.717) is 37.2 Å². The van der Waals surface area contributed by atoms with Gasteiger partial charge in [0.2, 0.25) is 0 Å². The van der Waals surface area contributed by atoms with Gasteiger partial charge in [0.1, 0.15) is 12.7 Å². The van der Waals surface area contributed by atoms with E-state index in [1.807, 2.05) is 20.8 Å². The average molecular weight is 823 g/mol. The van der Waals surface area contributed by atoms with Crippen molar-refractivity contribution < 1.29 is 43.9 Å². The summed E-state index contributed by atoms with van der Waals surface area (Å²) >= 11 is 0. The van der Waals surface area contributed by atoms with Crippen LogP contribution in [0.2, 0.25) is 0 Å². The number of methoxy groups -OCH3 is 1. The molecule has 0 aliphatic heterocycles. The van der Waals surface area contributed by atoms with E-state index in [1.165, 1.54) is 64.2 Å². The van der Waals surface area contributed by atoms with Crippen LogP contribution in [0, 0.1) is 94.2 Å². The van der Waals surface area contributed by atoms with Gasteiger partial charge in [-0.1, -0.05) is 70.2 Å². The van der Waals surface area contributed by atoms with Gasteiger partial charge in [0.25, 0.3) is 5.97 Å². The Bertz CT molecular complexity index is 1290. The normalized spacial score (nSPS) is 41.6. The SMILES string of the molecule is C.C.C.C.CC(=O)O.CCC(C)(CC(C)C(=O)OC1CC2CC1C1C3CCC(C3)C21)C(=O)OCCOC.CCCC.OC1CC2C3CC(C2C1O)C1C2CCC(C2)C31. The maximum Gasteiger partial charge on any atom is 0.311 e. The summed E-state index contributed by atoms with van der Waals surface area (Å²) < 4.78 is 16.4. The van der Waals surface area contributed by atoms with Crippen LogP contribution in [0.25, 0.3) is 0 Å². The molecule has 9 nitrogen and oxygen atoms in total. The summed E-state index contributed by atoms with van der Waals surface area (Å²) in [5.74, 6) is 10.2. The van der Waals surface area contributed by atoms with Gasteiger partial charge in [0, 0.05) is 14.0 Å². The summed E-state index contributed by atoms with van der Waals surface area (Å²) in [7, 11) is 1.58. The number of hydrogen-bond donors (Lipinski definition) is 3. The van der Waals surface area contributed by atoms with Gasteiger partial charge in [-0.15, -0.1) is 0 Å². The van der Waals surface area contributed by atoms with Gasteiger partial charge >= 0.3 is 11.9 Å². The molecule has 3 N–H and O–H groups in total. The molecule has 19 unspecified atom stereocenters. The number of aliphatic hydroxyl groups is 2. The van der Waals surface area contributed by atoms with Crippen molar-refractivity contribution in [2.24, 2.45) is 94.2 Å². The summed E-state index contributed by atoms with van der Waals surface area (Å²) in [6.45, 7) is 11.8. The van der Waals surface area contributed by atoms with Gasteiger partial charge in [0.15, 0.2) is 0 Å². The molecule has 0 spiro atoms. The predicted octanol–water partition coefficient (Wildman–Crippen LogP) is 10.3. The Morgan fingerprint density at radius 2 is 1.17 bits per heavy atom. The van der Waals surface area contributed by atoms with Gasteiger partial charge in [-0.3, -0.25) is 14.4 Å². The van der Waals surface area contributed by atoms with Crippen LogP contribution in [0.1, 0.15) is 161 Å². The van der Waals surface area contributed by atoms with Crippen molar-refractivity contribution in [3.05, 3.63) is 0 Å². The Hall–Kier alpha value is -1.71. The Balaban J connectivity index is 0.000000340. The topological polar surface area (TPSA) is 140 Å². The first-order valence-corrected chi connectivity index (χ1v) is 22.2. The zero-order valence-corrected chi connectivity index (χ0v) is 34.5.